The van der Waals surface area contributed by atoms with Gasteiger partial charge in [0.15, 0.2) is 0 Å². The molecule has 2 amide bonds. The van der Waals surface area contributed by atoms with Gasteiger partial charge >= 0.3 is 6.09 Å². The molecule has 0 spiro atoms. The Morgan fingerprint density at radius 1 is 1.16 bits per heavy atom. The molecule has 6 heteroatoms. The molecule has 1 aromatic carbocycles. The number of imide groups is 1. The van der Waals surface area contributed by atoms with Gasteiger partial charge in [-0.2, -0.15) is 0 Å². The van der Waals surface area contributed by atoms with E-state index in [2.05, 4.69) is 53.5 Å². The van der Waals surface area contributed by atoms with Crippen LogP contribution in [0, 0.1) is 0 Å². The van der Waals surface area contributed by atoms with Crippen LogP contribution in [-0.2, 0) is 9.53 Å². The number of hydrogen-bond acceptors (Lipinski definition) is 5. The molecular formula is C19H24N2O3S. The summed E-state index contributed by atoms with van der Waals surface area (Å²) in [5.74, 6) is 0.0951. The number of alkyl carbamates (subject to hydrolysis) is 1. The Labute approximate surface area is 152 Å². The van der Waals surface area contributed by atoms with Gasteiger partial charge in [0.2, 0.25) is 5.91 Å². The highest BCUT2D eigenvalue weighted by Crippen LogP contribution is 2.27. The number of hydrogen-bond donors (Lipinski definition) is 2. The normalized spacial score (nSPS) is 13.1. The summed E-state index contributed by atoms with van der Waals surface area (Å²) in [4.78, 5) is 24.1. The highest BCUT2D eigenvalue weighted by Gasteiger charge is 2.17. The third-order valence-electron chi connectivity index (χ3n) is 4.17. The lowest BCUT2D eigenvalue weighted by Crippen LogP contribution is -2.39. The number of thiophene rings is 1. The summed E-state index contributed by atoms with van der Waals surface area (Å²) in [6.45, 7) is 4.40. The summed E-state index contributed by atoms with van der Waals surface area (Å²) in [6, 6.07) is 12.4. The zero-order valence-electron chi connectivity index (χ0n) is 14.7. The zero-order valence-corrected chi connectivity index (χ0v) is 15.6. The summed E-state index contributed by atoms with van der Waals surface area (Å²) < 4.78 is 4.43. The van der Waals surface area contributed by atoms with Crippen molar-refractivity contribution in [1.29, 1.82) is 0 Å². The molecule has 0 aliphatic heterocycles. The molecule has 0 saturated carbocycles. The Hall–Kier alpha value is -2.18. The number of ether oxygens (including phenoxy) is 1. The number of rotatable bonds is 7. The van der Waals surface area contributed by atoms with Crippen LogP contribution in [0.15, 0.2) is 41.8 Å². The molecule has 0 unspecified atom stereocenters. The van der Waals surface area contributed by atoms with E-state index in [1.165, 1.54) is 12.7 Å². The smallest absolute Gasteiger partial charge is 0.413 e. The van der Waals surface area contributed by atoms with E-state index in [0.29, 0.717) is 5.92 Å². The first-order chi connectivity index (χ1) is 12.0. The van der Waals surface area contributed by atoms with Gasteiger partial charge in [-0.15, -0.1) is 11.3 Å². The standard InChI is InChI=1S/C19H24N2O3S/c1-4-13(2)14-7-9-15(10-8-14)18(16-6-5-11-25-16)20-12-17(22)21-19(23)24-3/h5-11,13,18,20H,4,12H2,1-3H3,(H,21,22,23)/t13-,18+/m1/s1. The minimum Gasteiger partial charge on any atom is -0.453 e. The molecule has 25 heavy (non-hydrogen) atoms. The fourth-order valence-corrected chi connectivity index (χ4v) is 3.32. The first-order valence-corrected chi connectivity index (χ1v) is 9.17. The van der Waals surface area contributed by atoms with Gasteiger partial charge in [0, 0.05) is 4.88 Å². The predicted octanol–water partition coefficient (Wildman–Crippen LogP) is 3.82. The average Bonchev–Trinajstić information content (AvgIpc) is 3.16. The Balaban J connectivity index is 2.11. The molecule has 0 fully saturated rings. The molecule has 2 rings (SSSR count). The average molecular weight is 360 g/mol. The number of methoxy groups -OCH3 is 1. The first-order valence-electron chi connectivity index (χ1n) is 8.29. The maximum atomic E-state index is 11.8. The Morgan fingerprint density at radius 3 is 2.40 bits per heavy atom. The fraction of sp³-hybridized carbons (Fsp3) is 0.368. The van der Waals surface area contributed by atoms with Crippen molar-refractivity contribution >= 4 is 23.3 Å². The molecule has 134 valence electrons. The van der Waals surface area contributed by atoms with Gasteiger partial charge in [-0.05, 0) is 34.9 Å². The van der Waals surface area contributed by atoms with Crippen molar-refractivity contribution < 1.29 is 14.3 Å². The maximum Gasteiger partial charge on any atom is 0.413 e. The number of carbonyl (C=O) groups is 2. The molecule has 1 aromatic heterocycles. The van der Waals surface area contributed by atoms with Gasteiger partial charge in [-0.1, -0.05) is 44.2 Å². The quantitative estimate of drug-likeness (QED) is 0.788. The second kappa shape index (κ2) is 9.34. The fourth-order valence-electron chi connectivity index (χ4n) is 2.49. The molecular weight excluding hydrogens is 336 g/mol. The van der Waals surface area contributed by atoms with Crippen LogP contribution in [-0.4, -0.2) is 25.7 Å². The SMILES string of the molecule is CC[C@@H](C)c1ccc([C@H](NCC(=O)NC(=O)OC)c2cccs2)cc1. The summed E-state index contributed by atoms with van der Waals surface area (Å²) in [7, 11) is 1.23. The molecule has 2 N–H and O–H groups in total. The minimum atomic E-state index is -0.752. The van der Waals surface area contributed by atoms with Crippen molar-refractivity contribution in [3.8, 4) is 0 Å². The van der Waals surface area contributed by atoms with E-state index < -0.39 is 12.0 Å². The second-order valence-electron chi connectivity index (χ2n) is 5.85. The Kier molecular flexibility index (Phi) is 7.16. The summed E-state index contributed by atoms with van der Waals surface area (Å²) in [5, 5.41) is 7.38. The van der Waals surface area contributed by atoms with E-state index in [4.69, 9.17) is 0 Å². The van der Waals surface area contributed by atoms with Crippen LogP contribution in [0.3, 0.4) is 0 Å². The summed E-state index contributed by atoms with van der Waals surface area (Å²) in [6.07, 6.45) is 0.344. The third kappa shape index (κ3) is 5.41. The van der Waals surface area contributed by atoms with E-state index >= 15 is 0 Å². The summed E-state index contributed by atoms with van der Waals surface area (Å²) in [5.41, 5.74) is 2.39. The molecule has 0 radical (unpaired) electrons. The van der Waals surface area contributed by atoms with E-state index in [1.807, 2.05) is 17.5 Å². The molecule has 0 aliphatic carbocycles. The predicted molar refractivity (Wildman–Crippen MR) is 99.9 cm³/mol. The number of nitrogens with one attached hydrogen (secondary N) is 2. The topological polar surface area (TPSA) is 67.4 Å². The number of amides is 2. The van der Waals surface area contributed by atoms with Gasteiger partial charge in [-0.3, -0.25) is 15.4 Å². The van der Waals surface area contributed by atoms with Gasteiger partial charge in [0.05, 0.1) is 19.7 Å². The lowest BCUT2D eigenvalue weighted by molar-refractivity contribution is -0.119. The highest BCUT2D eigenvalue weighted by atomic mass is 32.1. The van der Waals surface area contributed by atoms with Crippen LogP contribution in [0.1, 0.15) is 48.2 Å². The zero-order chi connectivity index (χ0) is 18.2. The van der Waals surface area contributed by atoms with Crippen molar-refractivity contribution in [3.05, 3.63) is 57.8 Å². The molecule has 0 saturated heterocycles. The summed E-state index contributed by atoms with van der Waals surface area (Å²) >= 11 is 1.63. The van der Waals surface area contributed by atoms with Crippen molar-refractivity contribution in [3.63, 3.8) is 0 Å². The lowest BCUT2D eigenvalue weighted by atomic mass is 9.95. The van der Waals surface area contributed by atoms with Gasteiger partial charge in [0.25, 0.3) is 0 Å². The second-order valence-corrected chi connectivity index (χ2v) is 6.82. The van der Waals surface area contributed by atoms with E-state index in [9.17, 15) is 9.59 Å². The van der Waals surface area contributed by atoms with Gasteiger partial charge in [-0.25, -0.2) is 4.79 Å². The van der Waals surface area contributed by atoms with Gasteiger partial charge < -0.3 is 4.74 Å². The van der Waals surface area contributed by atoms with Crippen LogP contribution >= 0.6 is 11.3 Å². The molecule has 1 heterocycles. The largest absolute Gasteiger partial charge is 0.453 e. The Morgan fingerprint density at radius 2 is 1.84 bits per heavy atom. The Bertz CT molecular complexity index is 683. The minimum absolute atomic E-state index is 0.0186. The van der Waals surface area contributed by atoms with Crippen LogP contribution in [0.25, 0.3) is 0 Å². The van der Waals surface area contributed by atoms with Crippen LogP contribution in [0.4, 0.5) is 4.79 Å². The lowest BCUT2D eigenvalue weighted by Gasteiger charge is -2.19. The van der Waals surface area contributed by atoms with E-state index in [1.54, 1.807) is 11.3 Å². The van der Waals surface area contributed by atoms with Crippen molar-refractivity contribution in [2.75, 3.05) is 13.7 Å². The molecule has 0 aliphatic rings. The number of benzene rings is 1. The van der Waals surface area contributed by atoms with Crippen LogP contribution in [0.5, 0.6) is 0 Å². The monoisotopic (exact) mass is 360 g/mol. The van der Waals surface area contributed by atoms with Crippen molar-refractivity contribution in [1.82, 2.24) is 10.6 Å². The highest BCUT2D eigenvalue weighted by molar-refractivity contribution is 7.10. The van der Waals surface area contributed by atoms with Crippen LogP contribution in [0.2, 0.25) is 0 Å². The molecule has 0 bridgehead atoms. The van der Waals surface area contributed by atoms with Crippen molar-refractivity contribution in [2.45, 2.75) is 32.2 Å². The van der Waals surface area contributed by atoms with Crippen molar-refractivity contribution in [2.24, 2.45) is 0 Å². The molecule has 2 aromatic rings. The van der Waals surface area contributed by atoms with Gasteiger partial charge in [0.1, 0.15) is 0 Å². The van der Waals surface area contributed by atoms with E-state index in [-0.39, 0.29) is 12.6 Å². The first kappa shape index (κ1) is 19.1. The number of carbonyl (C=O) groups excluding carboxylic acids is 2. The third-order valence-corrected chi connectivity index (χ3v) is 5.11. The molecule has 5 nitrogen and oxygen atoms in total. The van der Waals surface area contributed by atoms with E-state index in [0.717, 1.165) is 16.9 Å². The maximum absolute atomic E-state index is 11.8. The van der Waals surface area contributed by atoms with Crippen LogP contribution < -0.4 is 10.6 Å². The molecule has 2 atom stereocenters.